The van der Waals surface area contributed by atoms with Crippen LogP contribution >= 0.6 is 0 Å². The maximum atomic E-state index is 12.0. The second-order valence-electron chi connectivity index (χ2n) is 1.99. The summed E-state index contributed by atoms with van der Waals surface area (Å²) in [6.45, 7) is 0. The maximum Gasteiger partial charge on any atom is 0.414 e. The lowest BCUT2D eigenvalue weighted by molar-refractivity contribution is -0.139. The molecule has 4 heteroatoms. The predicted octanol–water partition coefficient (Wildman–Crippen LogP) is 2.61. The molecule has 0 atom stereocenters. The molecule has 0 saturated heterocycles. The van der Waals surface area contributed by atoms with Gasteiger partial charge < -0.3 is 12.6 Å². The van der Waals surface area contributed by atoms with Crippen LogP contribution < -0.4 is 0 Å². The van der Waals surface area contributed by atoms with Gasteiger partial charge in [-0.1, -0.05) is 24.3 Å². The van der Waals surface area contributed by atoms with Crippen molar-refractivity contribution in [1.29, 1.82) is 0 Å². The van der Waals surface area contributed by atoms with E-state index >= 15 is 0 Å². The zero-order valence-electron chi connectivity index (χ0n) is 5.35. The first-order valence-corrected chi connectivity index (χ1v) is 3.26. The molecule has 0 unspecified atom stereocenters. The van der Waals surface area contributed by atoms with Crippen molar-refractivity contribution in [2.75, 3.05) is 0 Å². The minimum Gasteiger partial charge on any atom is -0.779 e. The summed E-state index contributed by atoms with van der Waals surface area (Å²) in [6, 6.07) is 5.04. The van der Waals surface area contributed by atoms with E-state index in [0.29, 0.717) is 0 Å². The van der Waals surface area contributed by atoms with E-state index in [1.165, 1.54) is 18.2 Å². The topological polar surface area (TPSA) is 0 Å². The molecule has 0 radical (unpaired) electrons. The van der Waals surface area contributed by atoms with Crippen molar-refractivity contribution in [3.63, 3.8) is 0 Å². The Morgan fingerprint density at radius 1 is 1.09 bits per heavy atom. The van der Waals surface area contributed by atoms with Crippen LogP contribution in [0, 0.1) is 0 Å². The number of hydrogen-bond acceptors (Lipinski definition) is 1. The van der Waals surface area contributed by atoms with E-state index in [-0.39, 0.29) is 4.90 Å². The summed E-state index contributed by atoms with van der Waals surface area (Å²) in [4.78, 5) is -0.153. The molecule has 0 N–H and O–H groups in total. The minimum absolute atomic E-state index is 0.153. The quantitative estimate of drug-likeness (QED) is 0.549. The Hall–Kier alpha value is -0.770. The maximum absolute atomic E-state index is 12.0. The van der Waals surface area contributed by atoms with E-state index in [2.05, 4.69) is 12.6 Å². The van der Waals surface area contributed by atoms with Crippen molar-refractivity contribution in [1.82, 2.24) is 0 Å². The van der Waals surface area contributed by atoms with Gasteiger partial charge in [0.2, 0.25) is 0 Å². The van der Waals surface area contributed by atoms with Crippen LogP contribution in [0.2, 0.25) is 0 Å². The van der Waals surface area contributed by atoms with Crippen molar-refractivity contribution < 1.29 is 13.2 Å². The number of benzene rings is 1. The van der Waals surface area contributed by atoms with Gasteiger partial charge in [-0.2, -0.15) is 18.1 Å². The van der Waals surface area contributed by atoms with Crippen molar-refractivity contribution in [3.8, 4) is 0 Å². The molecular weight excluding hydrogens is 173 g/mol. The standard InChI is InChI=1S/C7H5F3S/c8-7(9,10)5-3-1-2-4-6(5)11/h1-4,11H/p-1. The fourth-order valence-corrected chi connectivity index (χ4v) is 0.963. The first-order valence-electron chi connectivity index (χ1n) is 2.85. The summed E-state index contributed by atoms with van der Waals surface area (Å²) < 4.78 is 35.9. The number of hydrogen-bond donors (Lipinski definition) is 0. The fraction of sp³-hybridized carbons (Fsp3) is 0.143. The second kappa shape index (κ2) is 2.70. The molecule has 0 nitrogen and oxygen atoms in total. The van der Waals surface area contributed by atoms with E-state index in [4.69, 9.17) is 0 Å². The zero-order valence-corrected chi connectivity index (χ0v) is 6.17. The van der Waals surface area contributed by atoms with Crippen LogP contribution in [0.5, 0.6) is 0 Å². The van der Waals surface area contributed by atoms with E-state index in [9.17, 15) is 13.2 Å². The summed E-state index contributed by atoms with van der Waals surface area (Å²) in [5.74, 6) is 0. The Morgan fingerprint density at radius 3 is 2.00 bits per heavy atom. The van der Waals surface area contributed by atoms with Gasteiger partial charge in [0.1, 0.15) is 0 Å². The smallest absolute Gasteiger partial charge is 0.414 e. The lowest BCUT2D eigenvalue weighted by atomic mass is 10.2. The summed E-state index contributed by atoms with van der Waals surface area (Å²) in [5.41, 5.74) is -0.741. The monoisotopic (exact) mass is 177 g/mol. The Balaban J connectivity index is 3.14. The normalized spacial score (nSPS) is 11.5. The van der Waals surface area contributed by atoms with Crippen molar-refractivity contribution in [2.45, 2.75) is 11.1 Å². The van der Waals surface area contributed by atoms with Crippen LogP contribution in [0.4, 0.5) is 13.2 Å². The van der Waals surface area contributed by atoms with Crippen LogP contribution in [0.3, 0.4) is 0 Å². The molecule has 0 aliphatic heterocycles. The summed E-state index contributed by atoms with van der Waals surface area (Å²) in [5, 5.41) is 0. The highest BCUT2D eigenvalue weighted by Crippen LogP contribution is 2.31. The Labute approximate surface area is 67.4 Å². The van der Waals surface area contributed by atoms with Gasteiger partial charge in [-0.3, -0.25) is 0 Å². The zero-order chi connectivity index (χ0) is 8.48. The third-order valence-electron chi connectivity index (χ3n) is 1.19. The first-order chi connectivity index (χ1) is 5.02. The highest BCUT2D eigenvalue weighted by atomic mass is 32.1. The van der Waals surface area contributed by atoms with Gasteiger partial charge in [0.15, 0.2) is 0 Å². The van der Waals surface area contributed by atoms with Crippen LogP contribution in [-0.4, -0.2) is 0 Å². The molecule has 0 saturated carbocycles. The molecule has 0 heterocycles. The van der Waals surface area contributed by atoms with Crippen molar-refractivity contribution in [3.05, 3.63) is 29.8 Å². The van der Waals surface area contributed by atoms with Crippen LogP contribution in [-0.2, 0) is 18.8 Å². The van der Waals surface area contributed by atoms with E-state index in [0.717, 1.165) is 6.07 Å². The van der Waals surface area contributed by atoms with Gasteiger partial charge in [-0.15, -0.1) is 0 Å². The average Bonchev–Trinajstić information content (AvgIpc) is 1.86. The molecular formula is C7H4F3S-. The Morgan fingerprint density at radius 2 is 1.64 bits per heavy atom. The molecule has 0 bridgehead atoms. The molecule has 1 aromatic rings. The van der Waals surface area contributed by atoms with Crippen molar-refractivity contribution >= 4 is 12.6 Å². The van der Waals surface area contributed by atoms with Gasteiger partial charge in [0.25, 0.3) is 0 Å². The number of halogens is 3. The van der Waals surface area contributed by atoms with Crippen LogP contribution in [0.1, 0.15) is 5.56 Å². The number of rotatable bonds is 0. The highest BCUT2D eigenvalue weighted by molar-refractivity contribution is 7.58. The molecule has 0 fully saturated rings. The fourth-order valence-electron chi connectivity index (χ4n) is 0.701. The van der Waals surface area contributed by atoms with Crippen LogP contribution in [0.15, 0.2) is 29.2 Å². The molecule has 0 amide bonds. The van der Waals surface area contributed by atoms with Gasteiger partial charge >= 0.3 is 6.18 Å². The van der Waals surface area contributed by atoms with Crippen LogP contribution in [0.25, 0.3) is 0 Å². The van der Waals surface area contributed by atoms with Gasteiger partial charge in [0, 0.05) is 5.56 Å². The van der Waals surface area contributed by atoms with Gasteiger partial charge in [-0.25, -0.2) is 0 Å². The summed E-state index contributed by atoms with van der Waals surface area (Å²) in [7, 11) is 0. The molecule has 1 rings (SSSR count). The lowest BCUT2D eigenvalue weighted by Crippen LogP contribution is -2.06. The molecule has 11 heavy (non-hydrogen) atoms. The molecule has 0 aromatic heterocycles. The third kappa shape index (κ3) is 1.83. The largest absolute Gasteiger partial charge is 0.779 e. The van der Waals surface area contributed by atoms with E-state index in [1.54, 1.807) is 0 Å². The first kappa shape index (κ1) is 8.33. The lowest BCUT2D eigenvalue weighted by Gasteiger charge is -2.15. The van der Waals surface area contributed by atoms with Crippen molar-refractivity contribution in [2.24, 2.45) is 0 Å². The average molecular weight is 177 g/mol. The molecule has 1 aromatic carbocycles. The van der Waals surface area contributed by atoms with Gasteiger partial charge in [-0.05, 0) is 0 Å². The SMILES string of the molecule is FC(F)(F)c1ccccc1[S-]. The van der Waals surface area contributed by atoms with E-state index in [1.807, 2.05) is 0 Å². The third-order valence-corrected chi connectivity index (χ3v) is 1.55. The summed E-state index contributed by atoms with van der Waals surface area (Å²) >= 11 is 4.48. The molecule has 0 spiro atoms. The molecule has 0 aliphatic carbocycles. The predicted molar refractivity (Wildman–Crippen MR) is 37.1 cm³/mol. The molecule has 0 aliphatic rings. The second-order valence-corrected chi connectivity index (χ2v) is 2.43. The van der Waals surface area contributed by atoms with E-state index < -0.39 is 11.7 Å². The number of alkyl halides is 3. The molecule has 60 valence electrons. The minimum atomic E-state index is -4.32. The Bertz CT molecular complexity index is 254. The Kier molecular flexibility index (Phi) is 2.04. The highest BCUT2D eigenvalue weighted by Gasteiger charge is 2.29. The summed E-state index contributed by atoms with van der Waals surface area (Å²) in [6.07, 6.45) is -4.32. The van der Waals surface area contributed by atoms with Gasteiger partial charge in [0.05, 0.1) is 0 Å².